The summed E-state index contributed by atoms with van der Waals surface area (Å²) in [4.78, 5) is 10.9. The van der Waals surface area contributed by atoms with E-state index in [9.17, 15) is 22.4 Å². The summed E-state index contributed by atoms with van der Waals surface area (Å²) in [6.45, 7) is 0. The highest BCUT2D eigenvalue weighted by Gasteiger charge is 2.34. The third-order valence-electron chi connectivity index (χ3n) is 1.68. The minimum atomic E-state index is -4.71. The maximum absolute atomic E-state index is 12.7. The van der Waals surface area contributed by atoms with E-state index in [-0.39, 0.29) is 5.33 Å². The van der Waals surface area contributed by atoms with Crippen LogP contribution in [-0.4, -0.2) is 11.2 Å². The molecule has 0 aliphatic rings. The summed E-state index contributed by atoms with van der Waals surface area (Å²) >= 11 is 2.79. The summed E-state index contributed by atoms with van der Waals surface area (Å²) in [6, 6.07) is 2.06. The summed E-state index contributed by atoms with van der Waals surface area (Å²) in [5, 5.41) is 1.88. The first-order valence-electron chi connectivity index (χ1n) is 4.07. The van der Waals surface area contributed by atoms with E-state index >= 15 is 0 Å². The zero-order chi connectivity index (χ0) is 12.3. The number of anilines is 1. The standard InChI is InChI=1S/C9H6BrF4NO/c10-4-8(16)15-7-2-1-5(11)3-6(7)9(12,13)14/h1-3H,4H2,(H,15,16). The van der Waals surface area contributed by atoms with Crippen LogP contribution >= 0.6 is 15.9 Å². The van der Waals surface area contributed by atoms with E-state index in [4.69, 9.17) is 0 Å². The van der Waals surface area contributed by atoms with Crippen LogP contribution < -0.4 is 5.32 Å². The average Bonchev–Trinajstić information content (AvgIpc) is 2.19. The van der Waals surface area contributed by atoms with Gasteiger partial charge in [0, 0.05) is 0 Å². The van der Waals surface area contributed by atoms with E-state index in [1.54, 1.807) is 0 Å². The third-order valence-corrected chi connectivity index (χ3v) is 2.19. The maximum Gasteiger partial charge on any atom is 0.418 e. The lowest BCUT2D eigenvalue weighted by molar-refractivity contribution is -0.137. The molecule has 0 saturated carbocycles. The Morgan fingerprint density at radius 3 is 2.50 bits per heavy atom. The van der Waals surface area contributed by atoms with Crippen molar-refractivity contribution in [3.05, 3.63) is 29.6 Å². The number of amides is 1. The third kappa shape index (κ3) is 3.19. The molecule has 1 aromatic carbocycles. The van der Waals surface area contributed by atoms with Crippen LogP contribution in [0.4, 0.5) is 23.2 Å². The Morgan fingerprint density at radius 1 is 1.38 bits per heavy atom. The smallest absolute Gasteiger partial charge is 0.325 e. The van der Waals surface area contributed by atoms with Crippen LogP contribution in [0.1, 0.15) is 5.56 Å². The van der Waals surface area contributed by atoms with Crippen molar-refractivity contribution in [3.8, 4) is 0 Å². The number of nitrogens with one attached hydrogen (secondary N) is 1. The zero-order valence-corrected chi connectivity index (χ0v) is 9.32. The van der Waals surface area contributed by atoms with Crippen LogP contribution in [0.2, 0.25) is 0 Å². The van der Waals surface area contributed by atoms with E-state index in [2.05, 4.69) is 15.9 Å². The zero-order valence-electron chi connectivity index (χ0n) is 7.74. The monoisotopic (exact) mass is 299 g/mol. The second kappa shape index (κ2) is 4.82. The Balaban J connectivity index is 3.13. The van der Waals surface area contributed by atoms with Gasteiger partial charge in [0.1, 0.15) is 5.82 Å². The van der Waals surface area contributed by atoms with Crippen molar-refractivity contribution in [3.63, 3.8) is 0 Å². The predicted molar refractivity (Wildman–Crippen MR) is 53.8 cm³/mol. The summed E-state index contributed by atoms with van der Waals surface area (Å²) in [7, 11) is 0. The van der Waals surface area contributed by atoms with Gasteiger partial charge in [-0.3, -0.25) is 4.79 Å². The molecular weight excluding hydrogens is 294 g/mol. The van der Waals surface area contributed by atoms with Crippen molar-refractivity contribution in [2.75, 3.05) is 10.6 Å². The van der Waals surface area contributed by atoms with Crippen LogP contribution in [0, 0.1) is 5.82 Å². The van der Waals surface area contributed by atoms with Gasteiger partial charge in [-0.05, 0) is 18.2 Å². The molecule has 2 nitrogen and oxygen atoms in total. The van der Waals surface area contributed by atoms with Crippen molar-refractivity contribution in [1.82, 2.24) is 0 Å². The molecule has 0 heterocycles. The number of rotatable bonds is 2. The van der Waals surface area contributed by atoms with Crippen LogP contribution in [0.15, 0.2) is 18.2 Å². The first-order chi connectivity index (χ1) is 7.34. The second-order valence-corrected chi connectivity index (χ2v) is 3.43. The molecule has 1 amide bonds. The molecule has 1 N–H and O–H groups in total. The number of hydrogen-bond acceptors (Lipinski definition) is 1. The molecule has 0 bridgehead atoms. The number of carbonyl (C=O) groups excluding carboxylic acids is 1. The Hall–Kier alpha value is -1.11. The van der Waals surface area contributed by atoms with Crippen molar-refractivity contribution in [2.45, 2.75) is 6.18 Å². The van der Waals surface area contributed by atoms with E-state index in [1.165, 1.54) is 0 Å². The number of hydrogen-bond donors (Lipinski definition) is 1. The average molecular weight is 300 g/mol. The highest BCUT2D eigenvalue weighted by Crippen LogP contribution is 2.35. The first kappa shape index (κ1) is 13.0. The van der Waals surface area contributed by atoms with Crippen molar-refractivity contribution < 1.29 is 22.4 Å². The molecule has 0 atom stereocenters. The summed E-state index contributed by atoms with van der Waals surface area (Å²) in [5.41, 5.74) is -1.67. The molecule has 1 aromatic rings. The molecular formula is C9H6BrF4NO. The minimum absolute atomic E-state index is 0.137. The lowest BCUT2D eigenvalue weighted by atomic mass is 10.1. The molecule has 7 heteroatoms. The van der Waals surface area contributed by atoms with Gasteiger partial charge in [-0.1, -0.05) is 15.9 Å². The summed E-state index contributed by atoms with van der Waals surface area (Å²) in [6.07, 6.45) is -4.71. The normalized spacial score (nSPS) is 11.3. The quantitative estimate of drug-likeness (QED) is 0.659. The molecule has 0 unspecified atom stereocenters. The molecule has 0 fully saturated rings. The number of halogens is 5. The van der Waals surface area contributed by atoms with Gasteiger partial charge in [-0.2, -0.15) is 13.2 Å². The SMILES string of the molecule is O=C(CBr)Nc1ccc(F)cc1C(F)(F)F. The number of benzene rings is 1. The van der Waals surface area contributed by atoms with Gasteiger partial charge in [0.15, 0.2) is 0 Å². The van der Waals surface area contributed by atoms with Crippen molar-refractivity contribution >= 4 is 27.5 Å². The van der Waals surface area contributed by atoms with Crippen molar-refractivity contribution in [2.24, 2.45) is 0 Å². The minimum Gasteiger partial charge on any atom is -0.325 e. The van der Waals surface area contributed by atoms with Crippen LogP contribution in [0.3, 0.4) is 0 Å². The summed E-state index contributed by atoms with van der Waals surface area (Å²) in [5.74, 6) is -1.65. The first-order valence-corrected chi connectivity index (χ1v) is 5.19. The van der Waals surface area contributed by atoms with Crippen LogP contribution in [0.25, 0.3) is 0 Å². The molecule has 0 spiro atoms. The Morgan fingerprint density at radius 2 is 2.00 bits per heavy atom. The van der Waals surface area contributed by atoms with Gasteiger partial charge in [0.05, 0.1) is 16.6 Å². The van der Waals surface area contributed by atoms with Gasteiger partial charge < -0.3 is 5.32 Å². The highest BCUT2D eigenvalue weighted by atomic mass is 79.9. The molecule has 1 rings (SSSR count). The Kier molecular flexibility index (Phi) is 3.90. The van der Waals surface area contributed by atoms with E-state index in [0.717, 1.165) is 12.1 Å². The predicted octanol–water partition coefficient (Wildman–Crippen LogP) is 3.18. The highest BCUT2D eigenvalue weighted by molar-refractivity contribution is 9.09. The van der Waals surface area contributed by atoms with Crippen molar-refractivity contribution in [1.29, 1.82) is 0 Å². The lowest BCUT2D eigenvalue weighted by Crippen LogP contribution is -2.17. The van der Waals surface area contributed by atoms with E-state index < -0.39 is 29.2 Å². The fraction of sp³-hybridized carbons (Fsp3) is 0.222. The molecule has 0 aliphatic heterocycles. The fourth-order valence-electron chi connectivity index (χ4n) is 1.04. The van der Waals surface area contributed by atoms with Crippen LogP contribution in [-0.2, 0) is 11.0 Å². The Bertz CT molecular complexity index is 405. The van der Waals surface area contributed by atoms with Gasteiger partial charge in [-0.25, -0.2) is 4.39 Å². The van der Waals surface area contributed by atoms with Gasteiger partial charge in [-0.15, -0.1) is 0 Å². The number of alkyl halides is 4. The second-order valence-electron chi connectivity index (χ2n) is 2.87. The largest absolute Gasteiger partial charge is 0.418 e. The van der Waals surface area contributed by atoms with Gasteiger partial charge in [0.25, 0.3) is 0 Å². The van der Waals surface area contributed by atoms with Crippen LogP contribution in [0.5, 0.6) is 0 Å². The van der Waals surface area contributed by atoms with E-state index in [1.807, 2.05) is 5.32 Å². The molecule has 0 aromatic heterocycles. The lowest BCUT2D eigenvalue weighted by Gasteiger charge is -2.13. The summed E-state index contributed by atoms with van der Waals surface area (Å²) < 4.78 is 50.0. The Labute approximate surface area is 96.8 Å². The molecule has 0 radical (unpaired) electrons. The van der Waals surface area contributed by atoms with Gasteiger partial charge in [0.2, 0.25) is 5.91 Å². The molecule has 88 valence electrons. The number of carbonyl (C=O) groups is 1. The maximum atomic E-state index is 12.7. The molecule has 0 saturated heterocycles. The molecule has 16 heavy (non-hydrogen) atoms. The topological polar surface area (TPSA) is 29.1 Å². The van der Waals surface area contributed by atoms with E-state index in [0.29, 0.717) is 6.07 Å². The van der Waals surface area contributed by atoms with Gasteiger partial charge >= 0.3 is 6.18 Å². The molecule has 0 aliphatic carbocycles. The fourth-order valence-corrected chi connectivity index (χ4v) is 1.18.